The van der Waals surface area contributed by atoms with Crippen molar-refractivity contribution in [2.45, 2.75) is 45.6 Å². The third-order valence-electron chi connectivity index (χ3n) is 4.47. The second kappa shape index (κ2) is 6.59. The second-order valence-corrected chi connectivity index (χ2v) is 6.57. The lowest BCUT2D eigenvalue weighted by Crippen LogP contribution is -2.41. The van der Waals surface area contributed by atoms with Crippen LogP contribution in [0.2, 0.25) is 0 Å². The number of pyridine rings is 1. The van der Waals surface area contributed by atoms with E-state index in [1.807, 2.05) is 45.3 Å². The van der Waals surface area contributed by atoms with Gasteiger partial charge in [0.1, 0.15) is 5.78 Å². The molecule has 0 spiro atoms. The lowest BCUT2D eigenvalue weighted by molar-refractivity contribution is -0.378. The Balaban J connectivity index is 2.13. The number of allylic oxidation sites excluding steroid dienone is 3. The van der Waals surface area contributed by atoms with Gasteiger partial charge in [0.2, 0.25) is 0 Å². The Kier molecular flexibility index (Phi) is 4.51. The van der Waals surface area contributed by atoms with Crippen molar-refractivity contribution in [3.05, 3.63) is 53.1 Å². The van der Waals surface area contributed by atoms with E-state index < -0.39 is 0 Å². The number of ketones is 1. The molecule has 0 fully saturated rings. The monoisotopic (exact) mass is 327 g/mol. The van der Waals surface area contributed by atoms with E-state index in [4.69, 9.17) is 4.74 Å². The second-order valence-electron chi connectivity index (χ2n) is 6.57. The topological polar surface area (TPSA) is 69.5 Å². The minimum atomic E-state index is -0.360. The molecule has 1 aromatic rings. The van der Waals surface area contributed by atoms with Crippen molar-refractivity contribution in [2.75, 3.05) is 0 Å². The molecule has 3 rings (SSSR count). The highest BCUT2D eigenvalue weighted by atomic mass is 16.5. The van der Waals surface area contributed by atoms with Crippen LogP contribution in [0.5, 0.6) is 0 Å². The highest BCUT2D eigenvalue weighted by Crippen LogP contribution is 2.43. The molecule has 1 aliphatic carbocycles. The minimum absolute atomic E-state index is 0.163. The van der Waals surface area contributed by atoms with Crippen molar-refractivity contribution in [1.82, 2.24) is 5.32 Å². The highest BCUT2D eigenvalue weighted by molar-refractivity contribution is 5.96. The molecule has 2 heterocycles. The predicted octanol–water partition coefficient (Wildman–Crippen LogP) is 2.28. The van der Waals surface area contributed by atoms with Crippen LogP contribution in [-0.2, 0) is 14.3 Å². The van der Waals surface area contributed by atoms with Crippen LogP contribution in [0.1, 0.15) is 45.1 Å². The zero-order chi connectivity index (χ0) is 17.3. The maximum Gasteiger partial charge on any atom is 0.336 e. The normalized spacial score (nSPS) is 23.5. The number of ether oxygens (including phenoxy) is 1. The van der Waals surface area contributed by atoms with Crippen LogP contribution in [0.25, 0.3) is 0 Å². The lowest BCUT2D eigenvalue weighted by atomic mass is 9.71. The molecule has 0 bridgehead atoms. The SMILES string of the molecule is CC1=C(C(=O)OC(C)C)C(c2ccc[nH+]c2)C2C(=O)CCC=C2N1. The number of Topliss-reactive ketones (excluding diaryl/α,β-unsaturated/α-hetero) is 1. The van der Waals surface area contributed by atoms with Crippen LogP contribution in [0, 0.1) is 5.92 Å². The summed E-state index contributed by atoms with van der Waals surface area (Å²) in [5.74, 6) is -0.876. The smallest absolute Gasteiger partial charge is 0.336 e. The third kappa shape index (κ3) is 2.98. The van der Waals surface area contributed by atoms with Crippen LogP contribution < -0.4 is 10.3 Å². The van der Waals surface area contributed by atoms with E-state index in [9.17, 15) is 9.59 Å². The molecule has 2 atom stereocenters. The first-order chi connectivity index (χ1) is 11.5. The number of fused-ring (bicyclic) bond motifs is 1. The molecule has 5 nitrogen and oxygen atoms in total. The third-order valence-corrected chi connectivity index (χ3v) is 4.47. The molecule has 1 aromatic heterocycles. The molecule has 126 valence electrons. The maximum atomic E-state index is 12.7. The van der Waals surface area contributed by atoms with E-state index in [1.165, 1.54) is 0 Å². The molecule has 0 saturated carbocycles. The summed E-state index contributed by atoms with van der Waals surface area (Å²) in [6.45, 7) is 5.52. The van der Waals surface area contributed by atoms with Crippen LogP contribution in [-0.4, -0.2) is 17.9 Å². The van der Waals surface area contributed by atoms with Crippen molar-refractivity contribution in [2.24, 2.45) is 5.92 Å². The molecule has 0 amide bonds. The van der Waals surface area contributed by atoms with Crippen molar-refractivity contribution >= 4 is 11.8 Å². The molecule has 2 aliphatic rings. The van der Waals surface area contributed by atoms with Gasteiger partial charge < -0.3 is 10.1 Å². The largest absolute Gasteiger partial charge is 0.460 e. The Morgan fingerprint density at radius 2 is 2.17 bits per heavy atom. The van der Waals surface area contributed by atoms with Crippen molar-refractivity contribution in [1.29, 1.82) is 0 Å². The van der Waals surface area contributed by atoms with Gasteiger partial charge in [-0.25, -0.2) is 9.78 Å². The molecule has 0 saturated heterocycles. The summed E-state index contributed by atoms with van der Waals surface area (Å²) in [5, 5.41) is 3.26. The first-order valence-corrected chi connectivity index (χ1v) is 8.36. The van der Waals surface area contributed by atoms with Gasteiger partial charge in [0.25, 0.3) is 0 Å². The quantitative estimate of drug-likeness (QED) is 0.865. The van der Waals surface area contributed by atoms with Gasteiger partial charge in [-0.3, -0.25) is 4.79 Å². The molecular formula is C19H23N2O3+. The summed E-state index contributed by atoms with van der Waals surface area (Å²) >= 11 is 0. The van der Waals surface area contributed by atoms with E-state index >= 15 is 0 Å². The van der Waals surface area contributed by atoms with E-state index in [2.05, 4.69) is 16.4 Å². The van der Waals surface area contributed by atoms with Crippen molar-refractivity contribution < 1.29 is 19.3 Å². The van der Waals surface area contributed by atoms with E-state index in [1.54, 1.807) is 0 Å². The van der Waals surface area contributed by atoms with E-state index in [0.29, 0.717) is 12.0 Å². The number of H-pyrrole nitrogens is 1. The van der Waals surface area contributed by atoms with Crippen molar-refractivity contribution in [3.63, 3.8) is 0 Å². The number of hydrogen-bond donors (Lipinski definition) is 1. The number of aromatic amines is 1. The van der Waals surface area contributed by atoms with Crippen LogP contribution in [0.4, 0.5) is 0 Å². The molecule has 2 N–H and O–H groups in total. The molecule has 24 heavy (non-hydrogen) atoms. The summed E-state index contributed by atoms with van der Waals surface area (Å²) in [7, 11) is 0. The molecular weight excluding hydrogens is 304 g/mol. The number of aromatic nitrogens is 1. The van der Waals surface area contributed by atoms with Gasteiger partial charge in [0.15, 0.2) is 12.4 Å². The van der Waals surface area contributed by atoms with Gasteiger partial charge in [-0.2, -0.15) is 0 Å². The number of esters is 1. The number of carbonyl (C=O) groups is 2. The number of nitrogens with one attached hydrogen (secondary N) is 2. The van der Waals surface area contributed by atoms with Gasteiger partial charge >= 0.3 is 5.97 Å². The molecule has 0 radical (unpaired) electrons. The van der Waals surface area contributed by atoms with Gasteiger partial charge in [0, 0.05) is 35.4 Å². The molecule has 0 aromatic carbocycles. The average molecular weight is 327 g/mol. The Morgan fingerprint density at radius 1 is 1.38 bits per heavy atom. The first-order valence-electron chi connectivity index (χ1n) is 8.36. The number of rotatable bonds is 3. The van der Waals surface area contributed by atoms with E-state index in [-0.39, 0.29) is 29.7 Å². The Bertz CT molecular complexity index is 719. The maximum absolute atomic E-state index is 12.7. The highest BCUT2D eigenvalue weighted by Gasteiger charge is 2.44. The Hall–Kier alpha value is -2.43. The van der Waals surface area contributed by atoms with Crippen LogP contribution >= 0.6 is 0 Å². The van der Waals surface area contributed by atoms with Gasteiger partial charge in [-0.15, -0.1) is 0 Å². The molecule has 1 aliphatic heterocycles. The Morgan fingerprint density at radius 3 is 2.83 bits per heavy atom. The average Bonchev–Trinajstić information content (AvgIpc) is 2.53. The summed E-state index contributed by atoms with van der Waals surface area (Å²) in [5.41, 5.74) is 3.12. The van der Waals surface area contributed by atoms with Gasteiger partial charge in [-0.05, 0) is 33.3 Å². The van der Waals surface area contributed by atoms with Gasteiger partial charge in [0.05, 0.1) is 17.6 Å². The minimum Gasteiger partial charge on any atom is -0.460 e. The standard InChI is InChI=1S/C19H22N2O3/c1-11(2)24-19(23)16-12(3)21-14-7-4-8-15(22)18(14)17(16)13-6-5-9-20-10-13/h5-7,9-11,17-18,21H,4,8H2,1-3H3/p+1. The number of carbonyl (C=O) groups excluding carboxylic acids is 2. The zero-order valence-corrected chi connectivity index (χ0v) is 14.3. The summed E-state index contributed by atoms with van der Waals surface area (Å²) in [6.07, 6.45) is 6.77. The zero-order valence-electron chi connectivity index (χ0n) is 14.3. The predicted molar refractivity (Wildman–Crippen MR) is 88.6 cm³/mol. The van der Waals surface area contributed by atoms with Crippen molar-refractivity contribution in [3.8, 4) is 0 Å². The van der Waals surface area contributed by atoms with Crippen LogP contribution in [0.15, 0.2) is 47.6 Å². The number of hydrogen-bond acceptors (Lipinski definition) is 4. The molecule has 2 unspecified atom stereocenters. The fourth-order valence-corrected chi connectivity index (χ4v) is 3.52. The first kappa shape index (κ1) is 16.4. The summed E-state index contributed by atoms with van der Waals surface area (Å²) in [4.78, 5) is 28.4. The fourth-order valence-electron chi connectivity index (χ4n) is 3.52. The summed E-state index contributed by atoms with van der Waals surface area (Å²) < 4.78 is 5.45. The lowest BCUT2D eigenvalue weighted by Gasteiger charge is -2.37. The van der Waals surface area contributed by atoms with Gasteiger partial charge in [-0.1, -0.05) is 6.08 Å². The van der Waals surface area contributed by atoms with Crippen LogP contribution in [0.3, 0.4) is 0 Å². The fraction of sp³-hybridized carbons (Fsp3) is 0.421. The summed E-state index contributed by atoms with van der Waals surface area (Å²) in [6, 6.07) is 3.83. The Labute approximate surface area is 141 Å². The molecule has 5 heteroatoms. The van der Waals surface area contributed by atoms with E-state index in [0.717, 1.165) is 23.4 Å².